The molecule has 7 heteroatoms. The number of carbonyl (C=O) groups is 1. The third-order valence-electron chi connectivity index (χ3n) is 4.43. The summed E-state index contributed by atoms with van der Waals surface area (Å²) >= 11 is 12.6. The molecule has 0 aliphatic carbocycles. The SMILES string of the molecule is CCOc1cc(/C=N/NC(=O)c2ccccc2C)cc(Cl)c1OCc1ccccc1Cl. The van der Waals surface area contributed by atoms with Gasteiger partial charge in [0.15, 0.2) is 11.5 Å². The highest BCUT2D eigenvalue weighted by atomic mass is 35.5. The van der Waals surface area contributed by atoms with Crippen molar-refractivity contribution >= 4 is 35.3 Å². The number of rotatable bonds is 8. The lowest BCUT2D eigenvalue weighted by Gasteiger charge is -2.15. The molecular weight excluding hydrogens is 435 g/mol. The predicted octanol–water partition coefficient (Wildman–Crippen LogP) is 6.04. The van der Waals surface area contributed by atoms with Gasteiger partial charge in [-0.25, -0.2) is 5.43 Å². The second kappa shape index (κ2) is 10.8. The number of benzene rings is 3. The van der Waals surface area contributed by atoms with Gasteiger partial charge in [0.25, 0.3) is 5.91 Å². The van der Waals surface area contributed by atoms with E-state index in [0.29, 0.717) is 39.3 Å². The summed E-state index contributed by atoms with van der Waals surface area (Å²) in [4.78, 5) is 12.3. The van der Waals surface area contributed by atoms with Gasteiger partial charge in [0, 0.05) is 16.1 Å². The van der Waals surface area contributed by atoms with E-state index >= 15 is 0 Å². The molecule has 0 aliphatic heterocycles. The molecule has 0 heterocycles. The summed E-state index contributed by atoms with van der Waals surface area (Å²) in [5.41, 5.74) is 5.46. The van der Waals surface area contributed by atoms with Gasteiger partial charge in [-0.2, -0.15) is 5.10 Å². The van der Waals surface area contributed by atoms with E-state index in [-0.39, 0.29) is 12.5 Å². The molecule has 0 bridgehead atoms. The minimum Gasteiger partial charge on any atom is -0.490 e. The van der Waals surface area contributed by atoms with Gasteiger partial charge in [0.05, 0.1) is 17.8 Å². The van der Waals surface area contributed by atoms with Crippen LogP contribution in [0.2, 0.25) is 10.0 Å². The Kier molecular flexibility index (Phi) is 7.93. The largest absolute Gasteiger partial charge is 0.490 e. The maximum absolute atomic E-state index is 12.3. The Bertz CT molecular complexity index is 1100. The maximum Gasteiger partial charge on any atom is 0.271 e. The van der Waals surface area contributed by atoms with Crippen LogP contribution in [0.3, 0.4) is 0 Å². The number of hydrazone groups is 1. The Labute approximate surface area is 191 Å². The molecule has 0 spiro atoms. The van der Waals surface area contributed by atoms with Crippen molar-refractivity contribution in [3.63, 3.8) is 0 Å². The Morgan fingerprint density at radius 2 is 1.77 bits per heavy atom. The molecule has 0 unspecified atom stereocenters. The summed E-state index contributed by atoms with van der Waals surface area (Å²) in [6.07, 6.45) is 1.50. The lowest BCUT2D eigenvalue weighted by molar-refractivity contribution is 0.0954. The first-order chi connectivity index (χ1) is 15.0. The van der Waals surface area contributed by atoms with E-state index in [1.54, 1.807) is 30.3 Å². The van der Waals surface area contributed by atoms with Gasteiger partial charge in [-0.15, -0.1) is 0 Å². The van der Waals surface area contributed by atoms with Crippen LogP contribution in [0.25, 0.3) is 0 Å². The summed E-state index contributed by atoms with van der Waals surface area (Å²) in [5, 5.41) is 5.02. The molecule has 0 radical (unpaired) electrons. The Morgan fingerprint density at radius 3 is 2.52 bits per heavy atom. The second-order valence-electron chi connectivity index (χ2n) is 6.66. The first-order valence-corrected chi connectivity index (χ1v) is 10.5. The number of ether oxygens (including phenoxy) is 2. The van der Waals surface area contributed by atoms with Crippen molar-refractivity contribution in [2.75, 3.05) is 6.61 Å². The first kappa shape index (κ1) is 22.7. The average molecular weight is 457 g/mol. The van der Waals surface area contributed by atoms with Crippen molar-refractivity contribution in [2.45, 2.75) is 20.5 Å². The number of hydrogen-bond acceptors (Lipinski definition) is 4. The molecule has 3 aromatic rings. The number of nitrogens with one attached hydrogen (secondary N) is 1. The van der Waals surface area contributed by atoms with Gasteiger partial charge >= 0.3 is 0 Å². The Hall–Kier alpha value is -3.02. The molecule has 3 aromatic carbocycles. The number of nitrogens with zero attached hydrogens (tertiary/aromatic N) is 1. The zero-order chi connectivity index (χ0) is 22.2. The summed E-state index contributed by atoms with van der Waals surface area (Å²) in [7, 11) is 0. The fourth-order valence-corrected chi connectivity index (χ4v) is 3.35. The van der Waals surface area contributed by atoms with Crippen molar-refractivity contribution in [3.05, 3.63) is 93.0 Å². The highest BCUT2D eigenvalue weighted by Crippen LogP contribution is 2.37. The van der Waals surface area contributed by atoms with Gasteiger partial charge < -0.3 is 9.47 Å². The van der Waals surface area contributed by atoms with Crippen molar-refractivity contribution in [1.82, 2.24) is 5.43 Å². The second-order valence-corrected chi connectivity index (χ2v) is 7.47. The minimum absolute atomic E-state index is 0.249. The van der Waals surface area contributed by atoms with E-state index in [4.69, 9.17) is 32.7 Å². The molecule has 160 valence electrons. The zero-order valence-electron chi connectivity index (χ0n) is 17.2. The van der Waals surface area contributed by atoms with Crippen LogP contribution < -0.4 is 14.9 Å². The normalized spacial score (nSPS) is 10.8. The van der Waals surface area contributed by atoms with Crippen molar-refractivity contribution < 1.29 is 14.3 Å². The van der Waals surface area contributed by atoms with Crippen LogP contribution in [0.1, 0.15) is 34.0 Å². The molecule has 0 saturated heterocycles. The topological polar surface area (TPSA) is 59.9 Å². The molecule has 5 nitrogen and oxygen atoms in total. The standard InChI is InChI=1S/C24H22Cl2N2O3/c1-3-30-22-13-17(14-27-28-24(29)19-10-6-4-8-16(19)2)12-21(26)23(22)31-15-18-9-5-7-11-20(18)25/h4-14H,3,15H2,1-2H3,(H,28,29)/b27-14+. The highest BCUT2D eigenvalue weighted by Gasteiger charge is 2.13. The lowest BCUT2D eigenvalue weighted by atomic mass is 10.1. The van der Waals surface area contributed by atoms with Gasteiger partial charge in [-0.05, 0) is 49.2 Å². The van der Waals surface area contributed by atoms with Crippen molar-refractivity contribution in [2.24, 2.45) is 5.10 Å². The van der Waals surface area contributed by atoms with Gasteiger partial charge in [0.1, 0.15) is 6.61 Å². The van der Waals surface area contributed by atoms with Crippen LogP contribution in [-0.4, -0.2) is 18.7 Å². The Morgan fingerprint density at radius 1 is 1.03 bits per heavy atom. The molecule has 0 saturated carbocycles. The van der Waals surface area contributed by atoms with Crippen LogP contribution >= 0.6 is 23.2 Å². The van der Waals surface area contributed by atoms with E-state index in [9.17, 15) is 4.79 Å². The number of amides is 1. The number of halogens is 2. The van der Waals surface area contributed by atoms with Crippen molar-refractivity contribution in [1.29, 1.82) is 0 Å². The molecule has 3 rings (SSSR count). The third-order valence-corrected chi connectivity index (χ3v) is 5.08. The first-order valence-electron chi connectivity index (χ1n) is 9.71. The van der Waals surface area contributed by atoms with Crippen LogP contribution in [-0.2, 0) is 6.61 Å². The van der Waals surface area contributed by atoms with E-state index in [2.05, 4.69) is 10.5 Å². The van der Waals surface area contributed by atoms with E-state index in [0.717, 1.165) is 11.1 Å². The summed E-state index contributed by atoms with van der Waals surface area (Å²) in [6.45, 7) is 4.42. The van der Waals surface area contributed by atoms with Gasteiger partial charge in [0.2, 0.25) is 0 Å². The third kappa shape index (κ3) is 6.00. The summed E-state index contributed by atoms with van der Waals surface area (Å²) in [6, 6.07) is 18.2. The van der Waals surface area contributed by atoms with Crippen LogP contribution in [0.15, 0.2) is 65.8 Å². The Balaban J connectivity index is 1.74. The number of hydrogen-bond donors (Lipinski definition) is 1. The summed E-state index contributed by atoms with van der Waals surface area (Å²) < 4.78 is 11.6. The van der Waals surface area contributed by atoms with Crippen LogP contribution in [0.5, 0.6) is 11.5 Å². The molecule has 0 aliphatic rings. The van der Waals surface area contributed by atoms with E-state index in [1.807, 2.05) is 44.2 Å². The summed E-state index contributed by atoms with van der Waals surface area (Å²) in [5.74, 6) is 0.614. The minimum atomic E-state index is -0.287. The molecule has 1 amide bonds. The fourth-order valence-electron chi connectivity index (χ4n) is 2.88. The maximum atomic E-state index is 12.3. The van der Waals surface area contributed by atoms with Crippen LogP contribution in [0.4, 0.5) is 0 Å². The number of carbonyl (C=O) groups excluding carboxylic acids is 1. The highest BCUT2D eigenvalue weighted by molar-refractivity contribution is 6.32. The van der Waals surface area contributed by atoms with Gasteiger partial charge in [-0.1, -0.05) is 59.6 Å². The van der Waals surface area contributed by atoms with E-state index in [1.165, 1.54) is 6.21 Å². The molecule has 0 fully saturated rings. The zero-order valence-corrected chi connectivity index (χ0v) is 18.7. The molecular formula is C24H22Cl2N2O3. The monoisotopic (exact) mass is 456 g/mol. The smallest absolute Gasteiger partial charge is 0.271 e. The molecule has 0 aromatic heterocycles. The van der Waals surface area contributed by atoms with Crippen LogP contribution in [0, 0.1) is 6.92 Å². The van der Waals surface area contributed by atoms with Gasteiger partial charge in [-0.3, -0.25) is 4.79 Å². The molecule has 1 N–H and O–H groups in total. The predicted molar refractivity (Wildman–Crippen MR) is 125 cm³/mol. The average Bonchev–Trinajstić information content (AvgIpc) is 2.75. The lowest BCUT2D eigenvalue weighted by Crippen LogP contribution is -2.18. The molecule has 31 heavy (non-hydrogen) atoms. The fraction of sp³-hybridized carbons (Fsp3) is 0.167. The van der Waals surface area contributed by atoms with E-state index < -0.39 is 0 Å². The van der Waals surface area contributed by atoms with Crippen molar-refractivity contribution in [3.8, 4) is 11.5 Å². The molecule has 0 atom stereocenters. The quantitative estimate of drug-likeness (QED) is 0.331. The number of aryl methyl sites for hydroxylation is 1.